The highest BCUT2D eigenvalue weighted by Gasteiger charge is 2.18. The van der Waals surface area contributed by atoms with E-state index in [1.54, 1.807) is 7.11 Å². The van der Waals surface area contributed by atoms with Gasteiger partial charge in [-0.25, -0.2) is 0 Å². The lowest BCUT2D eigenvalue weighted by Gasteiger charge is -2.32. The third-order valence-corrected chi connectivity index (χ3v) is 3.87. The average molecular weight is 291 g/mol. The van der Waals surface area contributed by atoms with E-state index in [2.05, 4.69) is 17.3 Å². The number of hydrogen-bond donors (Lipinski definition) is 1. The molecule has 0 saturated carbocycles. The number of rotatable bonds is 5. The van der Waals surface area contributed by atoms with Gasteiger partial charge in [0.25, 0.3) is 0 Å². The Morgan fingerprint density at radius 2 is 2.00 bits per heavy atom. The van der Waals surface area contributed by atoms with Crippen LogP contribution < -0.4 is 10.1 Å². The van der Waals surface area contributed by atoms with Crippen molar-refractivity contribution in [2.75, 3.05) is 52.2 Å². The number of piperazine rings is 1. The maximum atomic E-state index is 12.2. The summed E-state index contributed by atoms with van der Waals surface area (Å²) in [7, 11) is 3.75. The van der Waals surface area contributed by atoms with Gasteiger partial charge >= 0.3 is 0 Å². The van der Waals surface area contributed by atoms with Crippen LogP contribution in [0, 0.1) is 6.92 Å². The molecular weight excluding hydrogens is 266 g/mol. The number of nitrogens with zero attached hydrogens (tertiary/aromatic N) is 2. The third-order valence-electron chi connectivity index (χ3n) is 3.87. The molecule has 0 aromatic heterocycles. The van der Waals surface area contributed by atoms with E-state index < -0.39 is 0 Å². The minimum absolute atomic E-state index is 0.224. The number of benzene rings is 1. The topological polar surface area (TPSA) is 44.8 Å². The zero-order valence-electron chi connectivity index (χ0n) is 13.2. The summed E-state index contributed by atoms with van der Waals surface area (Å²) < 4.78 is 5.32. The van der Waals surface area contributed by atoms with Gasteiger partial charge in [0.2, 0.25) is 5.91 Å². The highest BCUT2D eigenvalue weighted by molar-refractivity contribution is 5.77. The first kappa shape index (κ1) is 15.6. The summed E-state index contributed by atoms with van der Waals surface area (Å²) in [6.07, 6.45) is 0.515. The van der Waals surface area contributed by atoms with Crippen LogP contribution in [-0.2, 0) is 4.79 Å². The van der Waals surface area contributed by atoms with Crippen LogP contribution in [0.1, 0.15) is 12.0 Å². The van der Waals surface area contributed by atoms with Crippen LogP contribution in [0.15, 0.2) is 18.2 Å². The first-order valence-electron chi connectivity index (χ1n) is 7.45. The molecule has 0 aliphatic carbocycles. The van der Waals surface area contributed by atoms with Crippen molar-refractivity contribution in [1.29, 1.82) is 0 Å². The molecular formula is C16H25N3O2. The number of amides is 1. The average Bonchev–Trinajstić information content (AvgIpc) is 2.48. The molecule has 1 N–H and O–H groups in total. The van der Waals surface area contributed by atoms with Crippen molar-refractivity contribution in [1.82, 2.24) is 9.80 Å². The van der Waals surface area contributed by atoms with E-state index in [1.165, 1.54) is 5.56 Å². The fourth-order valence-electron chi connectivity index (χ4n) is 2.48. The van der Waals surface area contributed by atoms with Crippen LogP contribution >= 0.6 is 0 Å². The lowest BCUT2D eigenvalue weighted by atomic mass is 10.2. The second-order valence-corrected chi connectivity index (χ2v) is 5.56. The number of carbonyl (C=O) groups excluding carboxylic acids is 1. The Hall–Kier alpha value is -1.75. The summed E-state index contributed by atoms with van der Waals surface area (Å²) in [4.78, 5) is 16.4. The molecule has 1 saturated heterocycles. The van der Waals surface area contributed by atoms with Gasteiger partial charge < -0.3 is 19.9 Å². The van der Waals surface area contributed by atoms with Gasteiger partial charge in [-0.1, -0.05) is 6.07 Å². The SMILES string of the molecule is COc1ccc(C)cc1NCCC(=O)N1CCN(C)CC1. The van der Waals surface area contributed by atoms with Crippen LogP contribution in [0.4, 0.5) is 5.69 Å². The summed E-state index contributed by atoms with van der Waals surface area (Å²) in [5.74, 6) is 1.04. The number of ether oxygens (including phenoxy) is 1. The monoisotopic (exact) mass is 291 g/mol. The molecule has 2 rings (SSSR count). The van der Waals surface area contributed by atoms with E-state index in [-0.39, 0.29) is 5.91 Å². The molecule has 1 amide bonds. The fraction of sp³-hybridized carbons (Fsp3) is 0.562. The van der Waals surface area contributed by atoms with E-state index >= 15 is 0 Å². The third kappa shape index (κ3) is 4.36. The van der Waals surface area contributed by atoms with E-state index in [0.717, 1.165) is 37.6 Å². The van der Waals surface area contributed by atoms with E-state index in [9.17, 15) is 4.79 Å². The van der Waals surface area contributed by atoms with Gasteiger partial charge in [0.15, 0.2) is 0 Å². The molecule has 21 heavy (non-hydrogen) atoms. The Bertz CT molecular complexity index is 482. The predicted octanol–water partition coefficient (Wildman–Crippen LogP) is 1.58. The Kier molecular flexibility index (Phi) is 5.44. The standard InChI is InChI=1S/C16H25N3O2/c1-13-4-5-15(21-3)14(12-13)17-7-6-16(20)19-10-8-18(2)9-11-19/h4-5,12,17H,6-11H2,1-3H3. The smallest absolute Gasteiger partial charge is 0.224 e. The Morgan fingerprint density at radius 3 is 2.67 bits per heavy atom. The number of hydrogen-bond acceptors (Lipinski definition) is 4. The molecule has 1 aromatic carbocycles. The van der Waals surface area contributed by atoms with Crippen molar-refractivity contribution < 1.29 is 9.53 Å². The number of aryl methyl sites for hydroxylation is 1. The molecule has 116 valence electrons. The van der Waals surface area contributed by atoms with Crippen molar-refractivity contribution in [3.05, 3.63) is 23.8 Å². The highest BCUT2D eigenvalue weighted by Crippen LogP contribution is 2.25. The Labute approximate surface area is 126 Å². The zero-order chi connectivity index (χ0) is 15.2. The van der Waals surface area contributed by atoms with Crippen LogP contribution in [-0.4, -0.2) is 62.6 Å². The number of nitrogens with one attached hydrogen (secondary N) is 1. The minimum atomic E-state index is 0.224. The second-order valence-electron chi connectivity index (χ2n) is 5.56. The van der Waals surface area contributed by atoms with Gasteiger partial charge in [-0.2, -0.15) is 0 Å². The van der Waals surface area contributed by atoms with Gasteiger partial charge in [-0.3, -0.25) is 4.79 Å². The zero-order valence-corrected chi connectivity index (χ0v) is 13.2. The van der Waals surface area contributed by atoms with E-state index in [1.807, 2.05) is 30.0 Å². The maximum absolute atomic E-state index is 12.2. The van der Waals surface area contributed by atoms with Gasteiger partial charge in [-0.15, -0.1) is 0 Å². The van der Waals surface area contributed by atoms with E-state index in [0.29, 0.717) is 13.0 Å². The van der Waals surface area contributed by atoms with Crippen molar-refractivity contribution >= 4 is 11.6 Å². The largest absolute Gasteiger partial charge is 0.495 e. The molecule has 0 spiro atoms. The molecule has 0 atom stereocenters. The number of carbonyl (C=O) groups is 1. The number of anilines is 1. The molecule has 1 aliphatic heterocycles. The molecule has 0 radical (unpaired) electrons. The molecule has 0 unspecified atom stereocenters. The van der Waals surface area contributed by atoms with Crippen molar-refractivity contribution in [2.24, 2.45) is 0 Å². The molecule has 5 nitrogen and oxygen atoms in total. The minimum Gasteiger partial charge on any atom is -0.495 e. The summed E-state index contributed by atoms with van der Waals surface area (Å²) in [5.41, 5.74) is 2.12. The predicted molar refractivity (Wildman–Crippen MR) is 84.9 cm³/mol. The molecule has 1 aliphatic rings. The summed E-state index contributed by atoms with van der Waals surface area (Å²) in [5, 5.41) is 3.30. The quantitative estimate of drug-likeness (QED) is 0.894. The lowest BCUT2D eigenvalue weighted by Crippen LogP contribution is -2.47. The van der Waals surface area contributed by atoms with Crippen molar-refractivity contribution in [2.45, 2.75) is 13.3 Å². The van der Waals surface area contributed by atoms with Crippen molar-refractivity contribution in [3.63, 3.8) is 0 Å². The first-order chi connectivity index (χ1) is 10.1. The molecule has 1 heterocycles. The Morgan fingerprint density at radius 1 is 1.29 bits per heavy atom. The van der Waals surface area contributed by atoms with Gasteiger partial charge in [-0.05, 0) is 31.7 Å². The van der Waals surface area contributed by atoms with E-state index in [4.69, 9.17) is 4.74 Å². The first-order valence-corrected chi connectivity index (χ1v) is 7.45. The normalized spacial score (nSPS) is 15.9. The summed E-state index contributed by atoms with van der Waals surface area (Å²) in [6, 6.07) is 6.00. The van der Waals surface area contributed by atoms with Crippen LogP contribution in [0.25, 0.3) is 0 Å². The Balaban J connectivity index is 1.81. The van der Waals surface area contributed by atoms with Crippen LogP contribution in [0.3, 0.4) is 0 Å². The number of likely N-dealkylation sites (N-methyl/N-ethyl adjacent to an activating group) is 1. The summed E-state index contributed by atoms with van der Waals surface area (Å²) >= 11 is 0. The molecule has 1 fully saturated rings. The highest BCUT2D eigenvalue weighted by atomic mass is 16.5. The molecule has 1 aromatic rings. The van der Waals surface area contributed by atoms with Gasteiger partial charge in [0, 0.05) is 39.1 Å². The molecule has 0 bridgehead atoms. The lowest BCUT2D eigenvalue weighted by molar-refractivity contribution is -0.132. The van der Waals surface area contributed by atoms with Crippen molar-refractivity contribution in [3.8, 4) is 5.75 Å². The van der Waals surface area contributed by atoms with Gasteiger partial charge in [0.05, 0.1) is 12.8 Å². The second kappa shape index (κ2) is 7.31. The number of methoxy groups -OCH3 is 1. The van der Waals surface area contributed by atoms with Gasteiger partial charge in [0.1, 0.15) is 5.75 Å². The fourth-order valence-corrected chi connectivity index (χ4v) is 2.48. The van der Waals surface area contributed by atoms with Crippen LogP contribution in [0.2, 0.25) is 0 Å². The maximum Gasteiger partial charge on any atom is 0.224 e. The summed E-state index contributed by atoms with van der Waals surface area (Å²) in [6.45, 7) is 6.27. The van der Waals surface area contributed by atoms with Crippen LogP contribution in [0.5, 0.6) is 5.75 Å². The molecule has 5 heteroatoms.